The molecule has 0 amide bonds. The molecule has 0 aromatic carbocycles. The number of ether oxygens (including phenoxy) is 3. The third-order valence-corrected chi connectivity index (χ3v) is 9.23. The first-order valence-corrected chi connectivity index (χ1v) is 21.4. The number of aliphatic carboxylic acids is 1. The predicted octanol–water partition coefficient (Wildman–Crippen LogP) is 10.1. The molecule has 0 radical (unpaired) electrons. The molecule has 0 fully saturated rings. The van der Waals surface area contributed by atoms with E-state index in [0.717, 1.165) is 51.4 Å². The number of unbranched alkanes of at least 4 members (excludes halogenated alkanes) is 16. The van der Waals surface area contributed by atoms with E-state index in [0.29, 0.717) is 12.8 Å². The molecule has 8 nitrogen and oxygen atoms in total. The zero-order chi connectivity index (χ0) is 40.0. The minimum atomic E-state index is -1.13. The fourth-order valence-electron chi connectivity index (χ4n) is 5.90. The SMILES string of the molecule is CC/C=C/C=C/C=C/C=C/CCCCCC(=O)OCC(COCCC(C(=O)[O-])[N+](C)(C)C)OC(=O)CCCCCCCCC/C=C/CCCCCCCC. The van der Waals surface area contributed by atoms with Gasteiger partial charge in [0.2, 0.25) is 0 Å². The summed E-state index contributed by atoms with van der Waals surface area (Å²) in [7, 11) is 5.38. The second-order valence-corrected chi connectivity index (χ2v) is 15.3. The van der Waals surface area contributed by atoms with Crippen LogP contribution in [0.15, 0.2) is 60.8 Å². The number of carbonyl (C=O) groups is 3. The van der Waals surface area contributed by atoms with Gasteiger partial charge in [-0.3, -0.25) is 9.59 Å². The lowest BCUT2D eigenvalue weighted by molar-refractivity contribution is -0.889. The number of allylic oxidation sites excluding steroid dienone is 10. The second kappa shape index (κ2) is 37.0. The predicted molar refractivity (Wildman–Crippen MR) is 222 cm³/mol. The molecule has 0 spiro atoms. The maximum atomic E-state index is 12.7. The number of carboxylic acids is 1. The zero-order valence-corrected chi connectivity index (χ0v) is 35.1. The smallest absolute Gasteiger partial charge is 0.306 e. The number of likely N-dealkylation sites (N-methyl/N-ethyl adjacent to an activating group) is 1. The van der Waals surface area contributed by atoms with E-state index in [9.17, 15) is 19.5 Å². The van der Waals surface area contributed by atoms with E-state index >= 15 is 0 Å². The average molecular weight is 758 g/mol. The van der Waals surface area contributed by atoms with Gasteiger partial charge in [-0.1, -0.05) is 145 Å². The molecule has 0 bridgehead atoms. The van der Waals surface area contributed by atoms with Gasteiger partial charge in [0, 0.05) is 19.3 Å². The number of hydrogen-bond acceptors (Lipinski definition) is 7. The molecule has 0 aromatic heterocycles. The topological polar surface area (TPSA) is 102 Å². The van der Waals surface area contributed by atoms with Crippen molar-refractivity contribution in [2.75, 3.05) is 41.0 Å². The van der Waals surface area contributed by atoms with Crippen LogP contribution in [0.2, 0.25) is 0 Å². The number of nitrogens with zero attached hydrogens (tertiary/aromatic N) is 1. The minimum absolute atomic E-state index is 0.0240. The van der Waals surface area contributed by atoms with Crippen LogP contribution in [0.3, 0.4) is 0 Å². The van der Waals surface area contributed by atoms with Crippen LogP contribution in [0.4, 0.5) is 0 Å². The maximum absolute atomic E-state index is 12.7. The van der Waals surface area contributed by atoms with Crippen molar-refractivity contribution in [3.05, 3.63) is 60.8 Å². The molecule has 2 atom stereocenters. The summed E-state index contributed by atoms with van der Waals surface area (Å²) in [6.07, 6.45) is 43.9. The number of carbonyl (C=O) groups excluding carboxylic acids is 3. The Hall–Kier alpha value is -2.97. The van der Waals surface area contributed by atoms with E-state index in [4.69, 9.17) is 14.2 Å². The molecule has 54 heavy (non-hydrogen) atoms. The molecule has 0 N–H and O–H groups in total. The lowest BCUT2D eigenvalue weighted by Crippen LogP contribution is -2.55. The molecule has 0 saturated heterocycles. The van der Waals surface area contributed by atoms with Gasteiger partial charge < -0.3 is 28.6 Å². The fourth-order valence-corrected chi connectivity index (χ4v) is 5.90. The highest BCUT2D eigenvalue weighted by molar-refractivity contribution is 5.70. The van der Waals surface area contributed by atoms with Gasteiger partial charge in [-0.2, -0.15) is 0 Å². The molecule has 0 aliphatic carbocycles. The van der Waals surface area contributed by atoms with Crippen molar-refractivity contribution >= 4 is 17.9 Å². The second-order valence-electron chi connectivity index (χ2n) is 15.3. The van der Waals surface area contributed by atoms with E-state index in [-0.39, 0.29) is 42.7 Å². The molecule has 0 rings (SSSR count). The van der Waals surface area contributed by atoms with Gasteiger partial charge in [-0.25, -0.2) is 0 Å². The van der Waals surface area contributed by atoms with Gasteiger partial charge in [0.15, 0.2) is 6.10 Å². The van der Waals surface area contributed by atoms with Crippen LogP contribution >= 0.6 is 0 Å². The van der Waals surface area contributed by atoms with E-state index in [2.05, 4.69) is 38.2 Å². The quantitative estimate of drug-likeness (QED) is 0.0204. The lowest BCUT2D eigenvalue weighted by Gasteiger charge is -2.34. The van der Waals surface area contributed by atoms with Crippen molar-refractivity contribution in [2.24, 2.45) is 0 Å². The molecule has 310 valence electrons. The van der Waals surface area contributed by atoms with Crippen molar-refractivity contribution in [3.8, 4) is 0 Å². The Bertz CT molecular complexity index is 1070. The highest BCUT2D eigenvalue weighted by Gasteiger charge is 2.25. The maximum Gasteiger partial charge on any atom is 0.306 e. The van der Waals surface area contributed by atoms with Gasteiger partial charge in [-0.05, 0) is 57.8 Å². The average Bonchev–Trinajstić information content (AvgIpc) is 3.12. The van der Waals surface area contributed by atoms with Crippen LogP contribution in [-0.2, 0) is 28.6 Å². The molecular weight excluding hydrogens is 679 g/mol. The van der Waals surface area contributed by atoms with E-state index < -0.39 is 18.1 Å². The molecule has 2 unspecified atom stereocenters. The first-order valence-electron chi connectivity index (χ1n) is 21.4. The first-order chi connectivity index (χ1) is 26.1. The highest BCUT2D eigenvalue weighted by Crippen LogP contribution is 2.13. The van der Waals surface area contributed by atoms with Crippen LogP contribution in [0.25, 0.3) is 0 Å². The summed E-state index contributed by atoms with van der Waals surface area (Å²) >= 11 is 0. The Morgan fingerprint density at radius 1 is 0.574 bits per heavy atom. The number of quaternary nitrogens is 1. The lowest BCUT2D eigenvalue weighted by atomic mass is 10.1. The number of hydrogen-bond donors (Lipinski definition) is 0. The zero-order valence-electron chi connectivity index (χ0n) is 35.1. The highest BCUT2D eigenvalue weighted by atomic mass is 16.6. The number of carboxylic acid groups (broad SMARTS) is 1. The Labute approximate surface area is 330 Å². The van der Waals surface area contributed by atoms with E-state index in [1.165, 1.54) is 77.0 Å². The van der Waals surface area contributed by atoms with Crippen LogP contribution in [0, 0.1) is 0 Å². The largest absolute Gasteiger partial charge is 0.544 e. The minimum Gasteiger partial charge on any atom is -0.544 e. The summed E-state index contributed by atoms with van der Waals surface area (Å²) < 4.78 is 17.1. The molecule has 0 saturated carbocycles. The van der Waals surface area contributed by atoms with Gasteiger partial charge in [-0.15, -0.1) is 0 Å². The molecule has 8 heteroatoms. The van der Waals surface area contributed by atoms with E-state index in [1.807, 2.05) is 36.5 Å². The van der Waals surface area contributed by atoms with Gasteiger partial charge in [0.25, 0.3) is 0 Å². The Morgan fingerprint density at radius 2 is 1.06 bits per heavy atom. The monoisotopic (exact) mass is 758 g/mol. The van der Waals surface area contributed by atoms with Crippen molar-refractivity contribution in [1.29, 1.82) is 0 Å². The fraction of sp³-hybridized carbons (Fsp3) is 0.717. The van der Waals surface area contributed by atoms with Crippen LogP contribution in [0.1, 0.15) is 162 Å². The molecule has 0 aliphatic rings. The Morgan fingerprint density at radius 3 is 1.61 bits per heavy atom. The molecule has 0 aromatic rings. The van der Waals surface area contributed by atoms with Gasteiger partial charge in [0.1, 0.15) is 12.6 Å². The molecule has 0 heterocycles. The molecular formula is C46H79NO7. The number of rotatable bonds is 37. The van der Waals surface area contributed by atoms with E-state index in [1.54, 1.807) is 21.1 Å². The summed E-state index contributed by atoms with van der Waals surface area (Å²) in [5, 5.41) is 11.6. The summed E-state index contributed by atoms with van der Waals surface area (Å²) in [4.78, 5) is 36.8. The Kier molecular flexibility index (Phi) is 34.9. The summed E-state index contributed by atoms with van der Waals surface area (Å²) in [6.45, 7) is 4.46. The normalized spacial score (nSPS) is 13.6. The first kappa shape index (κ1) is 51.0. The third kappa shape index (κ3) is 34.8. The number of esters is 2. The molecule has 0 aliphatic heterocycles. The van der Waals surface area contributed by atoms with Crippen LogP contribution in [0.5, 0.6) is 0 Å². The summed E-state index contributed by atoms with van der Waals surface area (Å²) in [6, 6.07) is -0.734. The standard InChI is InChI=1S/C46H79NO7/c1-6-8-10-12-14-16-18-20-21-22-23-25-27-29-31-33-35-37-45(49)54-42(40-52-39-38-43(46(50)51)47(3,4)5)41-53-44(48)36-34-32-30-28-26-24-19-17-15-13-11-9-7-2/h9,11,13,15,17,19-21,24,26,42-43H,6-8,10,12,14,16,18,22-23,25,27-41H2,1-5H3/b11-9+,15-13+,19-17+,21-20+,26-24+. The Balaban J connectivity index is 4.42. The van der Waals surface area contributed by atoms with Crippen molar-refractivity contribution in [2.45, 2.75) is 174 Å². The summed E-state index contributed by atoms with van der Waals surface area (Å²) in [5.41, 5.74) is 0. The van der Waals surface area contributed by atoms with Crippen molar-refractivity contribution in [1.82, 2.24) is 0 Å². The summed E-state index contributed by atoms with van der Waals surface area (Å²) in [5.74, 6) is -1.80. The van der Waals surface area contributed by atoms with Crippen molar-refractivity contribution < 1.29 is 38.2 Å². The van der Waals surface area contributed by atoms with Crippen LogP contribution in [-0.4, -0.2) is 75.5 Å². The third-order valence-electron chi connectivity index (χ3n) is 9.23. The van der Waals surface area contributed by atoms with Gasteiger partial charge in [0.05, 0.1) is 40.3 Å². The van der Waals surface area contributed by atoms with Crippen LogP contribution < -0.4 is 5.11 Å². The van der Waals surface area contributed by atoms with Gasteiger partial charge >= 0.3 is 11.9 Å². The van der Waals surface area contributed by atoms with Crippen molar-refractivity contribution in [3.63, 3.8) is 0 Å².